The molecule has 1 atom stereocenters. The molecule has 1 rings (SSSR count). The first-order valence-corrected chi connectivity index (χ1v) is 7.34. The highest BCUT2D eigenvalue weighted by Crippen LogP contribution is 2.11. The van der Waals surface area contributed by atoms with Crippen molar-refractivity contribution in [3.63, 3.8) is 0 Å². The first kappa shape index (κ1) is 15.6. The molecule has 0 aliphatic carbocycles. The Balaban J connectivity index is 2.28. The third kappa shape index (κ3) is 5.83. The molecular weight excluding hydrogens is 264 g/mol. The average Bonchev–Trinajstić information content (AvgIpc) is 2.74. The van der Waals surface area contributed by atoms with Crippen LogP contribution in [0.3, 0.4) is 0 Å². The zero-order valence-electron chi connectivity index (χ0n) is 11.3. The van der Waals surface area contributed by atoms with Gasteiger partial charge >= 0.3 is 5.97 Å². The summed E-state index contributed by atoms with van der Waals surface area (Å²) in [5, 5.41) is 14.5. The highest BCUT2D eigenvalue weighted by molar-refractivity contribution is 7.09. The van der Waals surface area contributed by atoms with Crippen LogP contribution in [0.25, 0.3) is 0 Å². The van der Waals surface area contributed by atoms with Crippen molar-refractivity contribution in [1.29, 1.82) is 0 Å². The lowest BCUT2D eigenvalue weighted by Gasteiger charge is -2.13. The number of aryl methyl sites for hydroxylation is 2. The van der Waals surface area contributed by atoms with Crippen LogP contribution in [0.5, 0.6) is 0 Å². The Morgan fingerprint density at radius 3 is 2.79 bits per heavy atom. The molecule has 0 spiro atoms. The summed E-state index contributed by atoms with van der Waals surface area (Å²) in [6.45, 7) is 3.84. The van der Waals surface area contributed by atoms with Gasteiger partial charge in [-0.2, -0.15) is 0 Å². The molecule has 0 aromatic carbocycles. The Morgan fingerprint density at radius 1 is 1.53 bits per heavy atom. The van der Waals surface area contributed by atoms with Crippen molar-refractivity contribution in [1.82, 2.24) is 10.3 Å². The fourth-order valence-electron chi connectivity index (χ4n) is 1.73. The van der Waals surface area contributed by atoms with Gasteiger partial charge in [0, 0.05) is 17.5 Å². The quantitative estimate of drug-likeness (QED) is 0.766. The van der Waals surface area contributed by atoms with E-state index in [1.165, 1.54) is 0 Å². The van der Waals surface area contributed by atoms with Crippen LogP contribution in [0.15, 0.2) is 5.38 Å². The maximum atomic E-state index is 11.6. The Bertz CT molecular complexity index is 431. The molecule has 1 heterocycles. The molecule has 0 bridgehead atoms. The summed E-state index contributed by atoms with van der Waals surface area (Å²) in [6, 6.07) is -0.764. The minimum atomic E-state index is -0.967. The van der Waals surface area contributed by atoms with Crippen LogP contribution in [0, 0.1) is 6.92 Å². The molecule has 0 aliphatic rings. The van der Waals surface area contributed by atoms with Gasteiger partial charge in [-0.3, -0.25) is 4.79 Å². The van der Waals surface area contributed by atoms with Crippen LogP contribution >= 0.6 is 11.3 Å². The van der Waals surface area contributed by atoms with E-state index in [0.717, 1.165) is 23.5 Å². The fourth-order valence-corrected chi connectivity index (χ4v) is 2.55. The number of rotatable bonds is 8. The van der Waals surface area contributed by atoms with Gasteiger partial charge in [0.25, 0.3) is 0 Å². The van der Waals surface area contributed by atoms with Gasteiger partial charge in [0.05, 0.1) is 5.01 Å². The zero-order chi connectivity index (χ0) is 14.3. The number of carboxylic acids is 1. The van der Waals surface area contributed by atoms with Gasteiger partial charge in [-0.1, -0.05) is 13.3 Å². The summed E-state index contributed by atoms with van der Waals surface area (Å²) in [7, 11) is 0. The standard InChI is InChI=1S/C13H20N2O3S/c1-3-5-10(13(17)18)15-11(16)6-4-7-12-14-9(2)8-19-12/h8,10H,3-7H2,1-2H3,(H,15,16)(H,17,18). The van der Waals surface area contributed by atoms with Gasteiger partial charge in [0.2, 0.25) is 5.91 Å². The number of hydrogen-bond acceptors (Lipinski definition) is 4. The van der Waals surface area contributed by atoms with Crippen molar-refractivity contribution in [3.8, 4) is 0 Å². The SMILES string of the molecule is CCCC(NC(=O)CCCc1nc(C)cs1)C(=O)O. The normalized spacial score (nSPS) is 12.1. The monoisotopic (exact) mass is 284 g/mol. The molecule has 1 unspecified atom stereocenters. The molecule has 6 heteroatoms. The van der Waals surface area contributed by atoms with E-state index in [0.29, 0.717) is 19.3 Å². The number of nitrogens with one attached hydrogen (secondary N) is 1. The molecule has 0 aliphatic heterocycles. The smallest absolute Gasteiger partial charge is 0.326 e. The molecule has 0 saturated heterocycles. The number of carbonyl (C=O) groups excluding carboxylic acids is 1. The number of thiazole rings is 1. The molecule has 0 radical (unpaired) electrons. The predicted octanol–water partition coefficient (Wildman–Crippen LogP) is 2.14. The number of carboxylic acid groups (broad SMARTS) is 1. The molecule has 106 valence electrons. The van der Waals surface area contributed by atoms with Crippen LogP contribution in [-0.4, -0.2) is 28.0 Å². The van der Waals surface area contributed by atoms with Gasteiger partial charge in [0.1, 0.15) is 6.04 Å². The second-order valence-corrected chi connectivity index (χ2v) is 5.43. The van der Waals surface area contributed by atoms with Crippen LogP contribution in [0.2, 0.25) is 0 Å². The van der Waals surface area contributed by atoms with Crippen LogP contribution < -0.4 is 5.32 Å². The van der Waals surface area contributed by atoms with Crippen LogP contribution in [-0.2, 0) is 16.0 Å². The van der Waals surface area contributed by atoms with Gasteiger partial charge in [0.15, 0.2) is 0 Å². The van der Waals surface area contributed by atoms with Gasteiger partial charge in [-0.25, -0.2) is 9.78 Å². The number of amides is 1. The molecule has 2 N–H and O–H groups in total. The molecule has 1 amide bonds. The van der Waals surface area contributed by atoms with E-state index in [9.17, 15) is 9.59 Å². The van der Waals surface area contributed by atoms with Crippen molar-refractivity contribution in [2.75, 3.05) is 0 Å². The lowest BCUT2D eigenvalue weighted by Crippen LogP contribution is -2.40. The Morgan fingerprint density at radius 2 is 2.26 bits per heavy atom. The minimum absolute atomic E-state index is 0.200. The van der Waals surface area contributed by atoms with E-state index in [-0.39, 0.29) is 5.91 Å². The highest BCUT2D eigenvalue weighted by Gasteiger charge is 2.18. The van der Waals surface area contributed by atoms with E-state index < -0.39 is 12.0 Å². The Hall–Kier alpha value is -1.43. The fraction of sp³-hybridized carbons (Fsp3) is 0.615. The third-order valence-electron chi connectivity index (χ3n) is 2.67. The van der Waals surface area contributed by atoms with Gasteiger partial charge in [-0.15, -0.1) is 11.3 Å². The van der Waals surface area contributed by atoms with E-state index in [4.69, 9.17) is 5.11 Å². The maximum Gasteiger partial charge on any atom is 0.326 e. The van der Waals surface area contributed by atoms with E-state index in [1.807, 2.05) is 19.2 Å². The number of nitrogens with zero attached hydrogens (tertiary/aromatic N) is 1. The van der Waals surface area contributed by atoms with E-state index in [2.05, 4.69) is 10.3 Å². The molecule has 0 fully saturated rings. The largest absolute Gasteiger partial charge is 0.480 e. The topological polar surface area (TPSA) is 79.3 Å². The first-order chi connectivity index (χ1) is 9.02. The van der Waals surface area contributed by atoms with Gasteiger partial charge in [-0.05, 0) is 26.2 Å². The molecule has 1 aromatic heterocycles. The summed E-state index contributed by atoms with van der Waals surface area (Å²) in [5.74, 6) is -1.17. The maximum absolute atomic E-state index is 11.6. The lowest BCUT2D eigenvalue weighted by molar-refractivity contribution is -0.142. The zero-order valence-corrected chi connectivity index (χ0v) is 12.1. The molecule has 19 heavy (non-hydrogen) atoms. The molecule has 5 nitrogen and oxygen atoms in total. The van der Waals surface area contributed by atoms with Crippen molar-refractivity contribution in [2.45, 2.75) is 52.0 Å². The number of carbonyl (C=O) groups is 2. The van der Waals surface area contributed by atoms with E-state index in [1.54, 1.807) is 11.3 Å². The van der Waals surface area contributed by atoms with E-state index >= 15 is 0 Å². The predicted molar refractivity (Wildman–Crippen MR) is 74.3 cm³/mol. The second kappa shape index (κ2) is 7.89. The third-order valence-corrected chi connectivity index (χ3v) is 3.70. The number of hydrogen-bond donors (Lipinski definition) is 2. The van der Waals surface area contributed by atoms with Gasteiger partial charge < -0.3 is 10.4 Å². The van der Waals surface area contributed by atoms with Crippen LogP contribution in [0.1, 0.15) is 43.3 Å². The summed E-state index contributed by atoms with van der Waals surface area (Å²) in [5.41, 5.74) is 0.998. The lowest BCUT2D eigenvalue weighted by atomic mass is 10.1. The Labute approximate surface area is 117 Å². The summed E-state index contributed by atoms with van der Waals surface area (Å²) >= 11 is 1.59. The van der Waals surface area contributed by atoms with Crippen molar-refractivity contribution >= 4 is 23.2 Å². The summed E-state index contributed by atoms with van der Waals surface area (Å²) < 4.78 is 0. The molecular formula is C13H20N2O3S. The van der Waals surface area contributed by atoms with Crippen molar-refractivity contribution in [2.24, 2.45) is 0 Å². The highest BCUT2D eigenvalue weighted by atomic mass is 32.1. The second-order valence-electron chi connectivity index (χ2n) is 4.48. The first-order valence-electron chi connectivity index (χ1n) is 6.46. The Kier molecular flexibility index (Phi) is 6.49. The molecule has 1 aromatic rings. The van der Waals surface area contributed by atoms with Crippen molar-refractivity contribution in [3.05, 3.63) is 16.1 Å². The molecule has 0 saturated carbocycles. The summed E-state index contributed by atoms with van der Waals surface area (Å²) in [4.78, 5) is 26.9. The summed E-state index contributed by atoms with van der Waals surface area (Å²) in [6.07, 6.45) is 2.99. The van der Waals surface area contributed by atoms with Crippen LogP contribution in [0.4, 0.5) is 0 Å². The van der Waals surface area contributed by atoms with Crippen molar-refractivity contribution < 1.29 is 14.7 Å². The minimum Gasteiger partial charge on any atom is -0.480 e. The average molecular weight is 284 g/mol. The number of aromatic nitrogens is 1. The number of aliphatic carboxylic acids is 1.